The predicted octanol–water partition coefficient (Wildman–Crippen LogP) is 1.73. The Balaban J connectivity index is 0.00000144. The zero-order chi connectivity index (χ0) is 15.4. The molecule has 0 spiro atoms. The summed E-state index contributed by atoms with van der Waals surface area (Å²) in [5.41, 5.74) is 0.665. The van der Waals surface area contributed by atoms with Crippen LogP contribution in [-0.2, 0) is 11.2 Å². The van der Waals surface area contributed by atoms with Crippen molar-refractivity contribution in [1.82, 2.24) is 25.3 Å². The van der Waals surface area contributed by atoms with E-state index in [0.717, 1.165) is 19.5 Å². The topological polar surface area (TPSA) is 84.2 Å². The van der Waals surface area contributed by atoms with Gasteiger partial charge < -0.3 is 14.7 Å². The van der Waals surface area contributed by atoms with Crippen molar-refractivity contribution in [3.63, 3.8) is 0 Å². The maximum absolute atomic E-state index is 12.2. The van der Waals surface area contributed by atoms with E-state index in [1.165, 1.54) is 0 Å². The van der Waals surface area contributed by atoms with Crippen molar-refractivity contribution >= 4 is 30.7 Å². The van der Waals surface area contributed by atoms with Crippen LogP contribution in [0.25, 0.3) is 11.5 Å². The highest BCUT2D eigenvalue weighted by Gasteiger charge is 2.23. The third kappa shape index (κ3) is 4.90. The fourth-order valence-electron chi connectivity index (χ4n) is 2.52. The predicted molar refractivity (Wildman–Crippen MR) is 94.4 cm³/mol. The molecule has 24 heavy (non-hydrogen) atoms. The molecule has 3 rings (SSSR count). The molecule has 1 amide bonds. The summed E-state index contributed by atoms with van der Waals surface area (Å²) >= 11 is 0. The lowest BCUT2D eigenvalue weighted by Gasteiger charge is -2.23. The van der Waals surface area contributed by atoms with Gasteiger partial charge >= 0.3 is 0 Å². The minimum Gasteiger partial charge on any atom is -0.341 e. The van der Waals surface area contributed by atoms with Crippen molar-refractivity contribution in [2.24, 2.45) is 0 Å². The van der Waals surface area contributed by atoms with Crippen molar-refractivity contribution in [3.8, 4) is 11.5 Å². The Morgan fingerprint density at radius 3 is 2.92 bits per heavy atom. The summed E-state index contributed by atoms with van der Waals surface area (Å²) < 4.78 is 5.19. The molecule has 0 bridgehead atoms. The molecule has 1 unspecified atom stereocenters. The van der Waals surface area contributed by atoms with Gasteiger partial charge in [-0.2, -0.15) is 4.98 Å². The lowest BCUT2D eigenvalue weighted by atomic mass is 10.2. The first-order valence-corrected chi connectivity index (χ1v) is 7.44. The lowest BCUT2D eigenvalue weighted by Crippen LogP contribution is -2.38. The summed E-state index contributed by atoms with van der Waals surface area (Å²) in [5, 5.41) is 7.16. The smallest absolute Gasteiger partial charge is 0.227 e. The van der Waals surface area contributed by atoms with E-state index < -0.39 is 0 Å². The number of nitrogens with zero attached hydrogens (tertiary/aromatic N) is 4. The molecule has 3 heterocycles. The fraction of sp³-hybridized carbons (Fsp3) is 0.467. The second kappa shape index (κ2) is 9.56. The van der Waals surface area contributed by atoms with E-state index in [1.807, 2.05) is 30.1 Å². The Bertz CT molecular complexity index is 632. The number of pyridine rings is 1. The van der Waals surface area contributed by atoms with Crippen LogP contribution in [0, 0.1) is 0 Å². The summed E-state index contributed by atoms with van der Waals surface area (Å²) in [4.78, 5) is 22.4. The molecule has 1 saturated heterocycles. The van der Waals surface area contributed by atoms with Gasteiger partial charge in [0.15, 0.2) is 0 Å². The standard InChI is InChI=1S/C15H19N5O2.2ClH/c1-20(11-7-9-16-10-11)14(21)6-5-13-18-15(19-22-13)12-4-2-3-8-17-12;;/h2-4,8,11,16H,5-7,9-10H2,1H3;2*1H. The van der Waals surface area contributed by atoms with Crippen molar-refractivity contribution in [2.45, 2.75) is 25.3 Å². The van der Waals surface area contributed by atoms with E-state index in [-0.39, 0.29) is 30.7 Å². The first-order valence-electron chi connectivity index (χ1n) is 7.44. The monoisotopic (exact) mass is 373 g/mol. The van der Waals surface area contributed by atoms with Gasteiger partial charge in [0.1, 0.15) is 5.69 Å². The van der Waals surface area contributed by atoms with Crippen molar-refractivity contribution in [2.75, 3.05) is 20.1 Å². The first-order chi connectivity index (χ1) is 10.7. The summed E-state index contributed by atoms with van der Waals surface area (Å²) in [6.45, 7) is 1.84. The Labute approximate surface area is 153 Å². The molecule has 0 saturated carbocycles. The molecule has 1 N–H and O–H groups in total. The molecular formula is C15H21Cl2N5O2. The normalized spacial score (nSPS) is 16.1. The fourth-order valence-corrected chi connectivity index (χ4v) is 2.52. The number of carbonyl (C=O) groups excluding carboxylic acids is 1. The van der Waals surface area contributed by atoms with E-state index in [2.05, 4.69) is 20.4 Å². The van der Waals surface area contributed by atoms with Crippen LogP contribution in [0.5, 0.6) is 0 Å². The number of hydrogen-bond donors (Lipinski definition) is 1. The molecule has 1 fully saturated rings. The molecule has 1 atom stereocenters. The van der Waals surface area contributed by atoms with Crippen LogP contribution in [0.15, 0.2) is 28.9 Å². The summed E-state index contributed by atoms with van der Waals surface area (Å²) in [7, 11) is 1.85. The number of nitrogens with one attached hydrogen (secondary N) is 1. The Morgan fingerprint density at radius 1 is 1.42 bits per heavy atom. The number of aromatic nitrogens is 3. The summed E-state index contributed by atoms with van der Waals surface area (Å²) in [5.74, 6) is 1.02. The number of likely N-dealkylation sites (N-methyl/N-ethyl adjacent to an activating group) is 1. The second-order valence-electron chi connectivity index (χ2n) is 5.38. The van der Waals surface area contributed by atoms with Crippen molar-refractivity contribution in [3.05, 3.63) is 30.3 Å². The molecule has 2 aromatic heterocycles. The highest BCUT2D eigenvalue weighted by atomic mass is 35.5. The van der Waals surface area contributed by atoms with E-state index in [0.29, 0.717) is 36.3 Å². The number of halogens is 2. The molecule has 1 aliphatic rings. The Morgan fingerprint density at radius 2 is 2.25 bits per heavy atom. The molecule has 9 heteroatoms. The minimum atomic E-state index is 0. The lowest BCUT2D eigenvalue weighted by molar-refractivity contribution is -0.131. The van der Waals surface area contributed by atoms with E-state index in [1.54, 1.807) is 6.20 Å². The van der Waals surface area contributed by atoms with Crippen LogP contribution in [0.4, 0.5) is 0 Å². The number of carbonyl (C=O) groups is 1. The molecule has 0 aromatic carbocycles. The van der Waals surface area contributed by atoms with Gasteiger partial charge in [0.25, 0.3) is 0 Å². The molecule has 1 aliphatic heterocycles. The summed E-state index contributed by atoms with van der Waals surface area (Å²) in [6, 6.07) is 5.81. The molecule has 132 valence electrons. The van der Waals surface area contributed by atoms with Gasteiger partial charge in [-0.1, -0.05) is 11.2 Å². The molecule has 7 nitrogen and oxygen atoms in total. The van der Waals surface area contributed by atoms with Crippen LogP contribution in [0.1, 0.15) is 18.7 Å². The van der Waals surface area contributed by atoms with Gasteiger partial charge in [0, 0.05) is 38.7 Å². The van der Waals surface area contributed by atoms with E-state index in [4.69, 9.17) is 4.52 Å². The third-order valence-electron chi connectivity index (χ3n) is 3.89. The van der Waals surface area contributed by atoms with Gasteiger partial charge in [0.2, 0.25) is 17.6 Å². The number of aryl methyl sites for hydroxylation is 1. The second-order valence-corrected chi connectivity index (χ2v) is 5.38. The molecular weight excluding hydrogens is 353 g/mol. The van der Waals surface area contributed by atoms with Gasteiger partial charge in [-0.15, -0.1) is 24.8 Å². The van der Waals surface area contributed by atoms with Crippen LogP contribution in [0.3, 0.4) is 0 Å². The van der Waals surface area contributed by atoms with E-state index in [9.17, 15) is 4.79 Å². The minimum absolute atomic E-state index is 0. The largest absolute Gasteiger partial charge is 0.341 e. The molecule has 0 aliphatic carbocycles. The van der Waals surface area contributed by atoms with Gasteiger partial charge in [0.05, 0.1) is 0 Å². The van der Waals surface area contributed by atoms with Gasteiger partial charge in [-0.25, -0.2) is 0 Å². The maximum Gasteiger partial charge on any atom is 0.227 e. The zero-order valence-corrected chi connectivity index (χ0v) is 15.0. The average molecular weight is 374 g/mol. The van der Waals surface area contributed by atoms with E-state index >= 15 is 0 Å². The summed E-state index contributed by atoms with van der Waals surface area (Å²) in [6.07, 6.45) is 3.51. The van der Waals surface area contributed by atoms with Crippen LogP contribution in [0.2, 0.25) is 0 Å². The highest BCUT2D eigenvalue weighted by Crippen LogP contribution is 2.14. The SMILES string of the molecule is CN(C(=O)CCc1nc(-c2ccccn2)no1)C1CCNC1.Cl.Cl. The quantitative estimate of drug-likeness (QED) is 0.858. The average Bonchev–Trinajstić information content (AvgIpc) is 3.24. The first kappa shape index (κ1) is 20.3. The number of rotatable bonds is 5. The number of amides is 1. The van der Waals surface area contributed by atoms with Crippen LogP contribution in [-0.4, -0.2) is 52.1 Å². The van der Waals surface area contributed by atoms with Crippen LogP contribution < -0.4 is 5.32 Å². The van der Waals surface area contributed by atoms with Crippen molar-refractivity contribution < 1.29 is 9.32 Å². The van der Waals surface area contributed by atoms with Gasteiger partial charge in [-0.3, -0.25) is 9.78 Å². The van der Waals surface area contributed by atoms with Crippen LogP contribution >= 0.6 is 24.8 Å². The Hall–Kier alpha value is -1.70. The Kier molecular flexibility index (Phi) is 8.10. The third-order valence-corrected chi connectivity index (χ3v) is 3.89. The highest BCUT2D eigenvalue weighted by molar-refractivity contribution is 5.85. The number of hydrogen-bond acceptors (Lipinski definition) is 6. The maximum atomic E-state index is 12.2. The molecule has 0 radical (unpaired) electrons. The zero-order valence-electron chi connectivity index (χ0n) is 13.3. The molecule has 2 aromatic rings. The van der Waals surface area contributed by atoms with Gasteiger partial charge in [-0.05, 0) is 25.1 Å². The van der Waals surface area contributed by atoms with Crippen molar-refractivity contribution in [1.29, 1.82) is 0 Å².